The number of Topliss-reactive ketones (excluding diaryl/α,β-unsaturated/α-hetero) is 1. The molecule has 0 aliphatic heterocycles. The van der Waals surface area contributed by atoms with Crippen LogP contribution in [0.2, 0.25) is 0 Å². The zero-order valence-electron chi connectivity index (χ0n) is 11.2. The molecule has 1 atom stereocenters. The van der Waals surface area contributed by atoms with Crippen LogP contribution in [-0.4, -0.2) is 17.4 Å². The summed E-state index contributed by atoms with van der Waals surface area (Å²) in [5.41, 5.74) is 1.90. The normalized spacial score (nSPS) is 11.9. The Morgan fingerprint density at radius 1 is 1.00 bits per heavy atom. The minimum absolute atomic E-state index is 0.0466. The zero-order chi connectivity index (χ0) is 14.5. The molecule has 3 heteroatoms. The van der Waals surface area contributed by atoms with Gasteiger partial charge < -0.3 is 0 Å². The molecule has 0 N–H and O–H groups in total. The molecule has 1 unspecified atom stereocenters. The fraction of sp³-hybridized carbons (Fsp3) is 0.176. The van der Waals surface area contributed by atoms with Crippen LogP contribution in [0.15, 0.2) is 54.6 Å². The summed E-state index contributed by atoms with van der Waals surface area (Å²) in [5.74, 6) is -0.582. The van der Waals surface area contributed by atoms with Crippen LogP contribution in [0.4, 0.5) is 0 Å². The lowest BCUT2D eigenvalue weighted by Gasteiger charge is -2.14. The van der Waals surface area contributed by atoms with E-state index in [-0.39, 0.29) is 23.4 Å². The molecule has 0 radical (unpaired) electrons. The molecule has 0 fully saturated rings. The SMILES string of the molecule is CC(C(=O)CCl)c1ccccc1C(=O)c1ccccc1. The van der Waals surface area contributed by atoms with Gasteiger partial charge in [0.1, 0.15) is 0 Å². The summed E-state index contributed by atoms with van der Waals surface area (Å²) in [4.78, 5) is 24.3. The molecule has 0 spiro atoms. The van der Waals surface area contributed by atoms with Crippen LogP contribution in [0.25, 0.3) is 0 Å². The van der Waals surface area contributed by atoms with Gasteiger partial charge in [-0.2, -0.15) is 0 Å². The van der Waals surface area contributed by atoms with E-state index in [0.29, 0.717) is 11.1 Å². The van der Waals surface area contributed by atoms with Gasteiger partial charge in [0.15, 0.2) is 11.6 Å². The molecule has 0 aliphatic rings. The number of carbonyl (C=O) groups excluding carboxylic acids is 2. The van der Waals surface area contributed by atoms with Gasteiger partial charge in [0.05, 0.1) is 5.88 Å². The third kappa shape index (κ3) is 2.97. The zero-order valence-corrected chi connectivity index (χ0v) is 11.9. The number of hydrogen-bond donors (Lipinski definition) is 0. The van der Waals surface area contributed by atoms with Crippen LogP contribution in [0.5, 0.6) is 0 Å². The number of rotatable bonds is 5. The average Bonchev–Trinajstić information content (AvgIpc) is 2.53. The van der Waals surface area contributed by atoms with Crippen molar-refractivity contribution in [2.24, 2.45) is 0 Å². The predicted molar refractivity (Wildman–Crippen MR) is 80.5 cm³/mol. The van der Waals surface area contributed by atoms with Gasteiger partial charge in [-0.1, -0.05) is 61.5 Å². The Bertz CT molecular complexity index is 620. The molecule has 102 valence electrons. The third-order valence-electron chi connectivity index (χ3n) is 3.32. The highest BCUT2D eigenvalue weighted by Crippen LogP contribution is 2.23. The maximum absolute atomic E-state index is 12.5. The molecule has 0 aromatic heterocycles. The second-order valence-electron chi connectivity index (χ2n) is 4.60. The lowest BCUT2D eigenvalue weighted by atomic mass is 9.89. The van der Waals surface area contributed by atoms with Crippen molar-refractivity contribution >= 4 is 23.2 Å². The van der Waals surface area contributed by atoms with Crippen LogP contribution in [0.3, 0.4) is 0 Å². The van der Waals surface area contributed by atoms with E-state index in [1.807, 2.05) is 30.3 Å². The van der Waals surface area contributed by atoms with Crippen LogP contribution >= 0.6 is 11.6 Å². The highest BCUT2D eigenvalue weighted by molar-refractivity contribution is 6.28. The van der Waals surface area contributed by atoms with Crippen molar-refractivity contribution in [2.75, 3.05) is 5.88 Å². The summed E-state index contributed by atoms with van der Waals surface area (Å²) in [6.45, 7) is 1.78. The number of alkyl halides is 1. The van der Waals surface area contributed by atoms with Crippen LogP contribution < -0.4 is 0 Å². The van der Waals surface area contributed by atoms with E-state index < -0.39 is 0 Å². The number of ketones is 2. The second kappa shape index (κ2) is 6.49. The van der Waals surface area contributed by atoms with E-state index in [1.165, 1.54) is 0 Å². The standard InChI is InChI=1S/C17H15ClO2/c1-12(16(19)11-18)14-9-5-6-10-15(14)17(20)13-7-3-2-4-8-13/h2-10,12H,11H2,1H3. The van der Waals surface area contributed by atoms with Gasteiger partial charge >= 0.3 is 0 Å². The van der Waals surface area contributed by atoms with Gasteiger partial charge in [-0.15, -0.1) is 11.6 Å². The fourth-order valence-electron chi connectivity index (χ4n) is 2.12. The van der Waals surface area contributed by atoms with Crippen molar-refractivity contribution in [2.45, 2.75) is 12.8 Å². The van der Waals surface area contributed by atoms with Crippen molar-refractivity contribution in [3.05, 3.63) is 71.3 Å². The molecule has 2 rings (SSSR count). The summed E-state index contributed by atoms with van der Waals surface area (Å²) in [7, 11) is 0. The van der Waals surface area contributed by atoms with Gasteiger partial charge in [0.25, 0.3) is 0 Å². The van der Waals surface area contributed by atoms with Crippen molar-refractivity contribution in [1.82, 2.24) is 0 Å². The van der Waals surface area contributed by atoms with Gasteiger partial charge in [0, 0.05) is 17.0 Å². The summed E-state index contributed by atoms with van der Waals surface area (Å²) in [5, 5.41) is 0. The van der Waals surface area contributed by atoms with Crippen molar-refractivity contribution in [3.8, 4) is 0 Å². The maximum atomic E-state index is 12.5. The lowest BCUT2D eigenvalue weighted by molar-refractivity contribution is -0.117. The topological polar surface area (TPSA) is 34.1 Å². The van der Waals surface area contributed by atoms with E-state index in [0.717, 1.165) is 5.56 Å². The molecular formula is C17H15ClO2. The summed E-state index contributed by atoms with van der Waals surface area (Å²) < 4.78 is 0. The van der Waals surface area contributed by atoms with Crippen LogP contribution in [0.1, 0.15) is 34.3 Å². The molecule has 0 bridgehead atoms. The van der Waals surface area contributed by atoms with Gasteiger partial charge in [0.2, 0.25) is 0 Å². The minimum atomic E-state index is -0.378. The average molecular weight is 287 g/mol. The van der Waals surface area contributed by atoms with Crippen LogP contribution in [-0.2, 0) is 4.79 Å². The van der Waals surface area contributed by atoms with E-state index in [1.54, 1.807) is 31.2 Å². The predicted octanol–water partition coefficient (Wildman–Crippen LogP) is 3.83. The molecule has 0 saturated heterocycles. The first kappa shape index (κ1) is 14.5. The minimum Gasteiger partial charge on any atom is -0.298 e. The smallest absolute Gasteiger partial charge is 0.193 e. The quantitative estimate of drug-likeness (QED) is 0.618. The summed E-state index contributed by atoms with van der Waals surface area (Å²) in [6.07, 6.45) is 0. The molecule has 2 aromatic carbocycles. The third-order valence-corrected chi connectivity index (χ3v) is 3.59. The molecule has 2 nitrogen and oxygen atoms in total. The molecule has 0 amide bonds. The van der Waals surface area contributed by atoms with Crippen molar-refractivity contribution in [1.29, 1.82) is 0 Å². The van der Waals surface area contributed by atoms with Gasteiger partial charge in [-0.3, -0.25) is 9.59 Å². The Kier molecular flexibility index (Phi) is 4.70. The molecule has 0 aliphatic carbocycles. The largest absolute Gasteiger partial charge is 0.298 e. The first-order valence-corrected chi connectivity index (χ1v) is 6.96. The summed E-state index contributed by atoms with van der Waals surface area (Å²) >= 11 is 5.61. The van der Waals surface area contributed by atoms with Gasteiger partial charge in [-0.25, -0.2) is 0 Å². The Morgan fingerprint density at radius 2 is 1.60 bits per heavy atom. The van der Waals surface area contributed by atoms with E-state index in [9.17, 15) is 9.59 Å². The van der Waals surface area contributed by atoms with Crippen molar-refractivity contribution in [3.63, 3.8) is 0 Å². The number of hydrogen-bond acceptors (Lipinski definition) is 2. The maximum Gasteiger partial charge on any atom is 0.193 e. The first-order valence-electron chi connectivity index (χ1n) is 6.42. The van der Waals surface area contributed by atoms with E-state index in [2.05, 4.69) is 0 Å². The van der Waals surface area contributed by atoms with E-state index >= 15 is 0 Å². The second-order valence-corrected chi connectivity index (χ2v) is 4.87. The fourth-order valence-corrected chi connectivity index (χ4v) is 2.35. The highest BCUT2D eigenvalue weighted by atomic mass is 35.5. The van der Waals surface area contributed by atoms with E-state index in [4.69, 9.17) is 11.6 Å². The number of halogens is 1. The molecule has 0 saturated carbocycles. The lowest BCUT2D eigenvalue weighted by Crippen LogP contribution is -2.15. The molecule has 20 heavy (non-hydrogen) atoms. The Labute approximate surface area is 123 Å². The van der Waals surface area contributed by atoms with Crippen LogP contribution in [0, 0.1) is 0 Å². The first-order chi connectivity index (χ1) is 9.65. The monoisotopic (exact) mass is 286 g/mol. The molecule has 2 aromatic rings. The molecular weight excluding hydrogens is 272 g/mol. The highest BCUT2D eigenvalue weighted by Gasteiger charge is 2.21. The van der Waals surface area contributed by atoms with Crippen molar-refractivity contribution < 1.29 is 9.59 Å². The number of carbonyl (C=O) groups is 2. The Morgan fingerprint density at radius 3 is 2.25 bits per heavy atom. The number of benzene rings is 2. The summed E-state index contributed by atoms with van der Waals surface area (Å²) in [6, 6.07) is 16.2. The van der Waals surface area contributed by atoms with Gasteiger partial charge in [-0.05, 0) is 5.56 Å². The Balaban J connectivity index is 2.43. The molecule has 0 heterocycles. The Hall–Kier alpha value is -1.93.